The number of fused-ring (bicyclic) bond motifs is 1. The van der Waals surface area contributed by atoms with Crippen LogP contribution in [0.25, 0.3) is 0 Å². The highest BCUT2D eigenvalue weighted by Crippen LogP contribution is 2.32. The molecule has 0 unspecified atom stereocenters. The maximum atomic E-state index is 12.8. The van der Waals surface area contributed by atoms with Crippen molar-refractivity contribution in [1.82, 2.24) is 4.98 Å². The Labute approximate surface area is 179 Å². The van der Waals surface area contributed by atoms with Crippen LogP contribution < -0.4 is 20.3 Å². The van der Waals surface area contributed by atoms with E-state index < -0.39 is 11.5 Å². The van der Waals surface area contributed by atoms with Gasteiger partial charge in [0.2, 0.25) is 0 Å². The molecule has 1 aliphatic rings. The molecule has 0 saturated carbocycles. The van der Waals surface area contributed by atoms with Crippen LogP contribution in [0.2, 0.25) is 0 Å². The lowest BCUT2D eigenvalue weighted by Crippen LogP contribution is -2.29. The number of hydrogen-bond acceptors (Lipinski definition) is 5. The second-order valence-electron chi connectivity index (χ2n) is 7.36. The van der Waals surface area contributed by atoms with Crippen molar-refractivity contribution < 1.29 is 19.1 Å². The molecule has 1 amide bonds. The number of aromatic nitrogens is 1. The Morgan fingerprint density at radius 3 is 2.48 bits per heavy atom. The van der Waals surface area contributed by atoms with Crippen LogP contribution in [0, 0.1) is 0 Å². The molecule has 0 aliphatic heterocycles. The highest BCUT2D eigenvalue weighted by atomic mass is 16.5. The molecule has 2 N–H and O–H groups in total. The zero-order valence-corrected chi connectivity index (χ0v) is 17.2. The second-order valence-corrected chi connectivity index (χ2v) is 7.36. The largest absolute Gasteiger partial charge is 0.497 e. The number of ketones is 1. The van der Waals surface area contributed by atoms with Crippen molar-refractivity contribution in [3.8, 4) is 11.5 Å². The normalized spacial score (nSPS) is 15.2. The number of H-pyrrole nitrogens is 1. The highest BCUT2D eigenvalue weighted by Gasteiger charge is 2.29. The number of nitrogens with one attached hydrogen (secondary N) is 2. The first-order valence-corrected chi connectivity index (χ1v) is 9.88. The van der Waals surface area contributed by atoms with Crippen LogP contribution in [0.15, 0.2) is 59.4 Å². The van der Waals surface area contributed by atoms with E-state index in [1.807, 2.05) is 30.3 Å². The first kappa shape index (κ1) is 20.4. The lowest BCUT2D eigenvalue weighted by atomic mass is 9.81. The minimum Gasteiger partial charge on any atom is -0.497 e. The van der Waals surface area contributed by atoms with E-state index in [0.717, 1.165) is 5.56 Å². The number of Topliss-reactive ketones (excluding diaryl/α,β-unsaturated/α-hetero) is 1. The predicted octanol–water partition coefficient (Wildman–Crippen LogP) is 3.56. The number of anilines is 1. The molecule has 0 radical (unpaired) electrons. The molecular weight excluding hydrogens is 396 g/mol. The van der Waals surface area contributed by atoms with Crippen molar-refractivity contribution in [3.63, 3.8) is 0 Å². The molecule has 1 atom stereocenters. The number of aromatic amines is 1. The standard InChI is InChI=1S/C24H22N2O5/c1-30-16-8-9-22(31-2)20(12-16)26-24(29)18-13-17-19(25-23(18)28)10-15(11-21(17)27)14-6-4-3-5-7-14/h3-9,12-13,15H,10-11H2,1-2H3,(H,25,28)(H,26,29)/t15-/m1/s1. The maximum absolute atomic E-state index is 12.8. The van der Waals surface area contributed by atoms with Crippen LogP contribution in [0.1, 0.15) is 44.3 Å². The maximum Gasteiger partial charge on any atom is 0.261 e. The van der Waals surface area contributed by atoms with E-state index in [1.54, 1.807) is 18.2 Å². The molecule has 7 nitrogen and oxygen atoms in total. The fourth-order valence-electron chi connectivity index (χ4n) is 3.86. The van der Waals surface area contributed by atoms with Crippen molar-refractivity contribution in [1.29, 1.82) is 0 Å². The number of benzene rings is 2. The monoisotopic (exact) mass is 418 g/mol. The number of carbonyl (C=O) groups is 2. The first-order valence-electron chi connectivity index (χ1n) is 9.88. The van der Waals surface area contributed by atoms with Crippen molar-refractivity contribution in [2.24, 2.45) is 0 Å². The lowest BCUT2D eigenvalue weighted by molar-refractivity contribution is 0.0963. The van der Waals surface area contributed by atoms with Crippen LogP contribution in [-0.2, 0) is 6.42 Å². The summed E-state index contributed by atoms with van der Waals surface area (Å²) in [6.07, 6.45) is 0.861. The first-order chi connectivity index (χ1) is 15.0. The Morgan fingerprint density at radius 1 is 1.00 bits per heavy atom. The van der Waals surface area contributed by atoms with Crippen molar-refractivity contribution in [2.45, 2.75) is 18.8 Å². The molecule has 7 heteroatoms. The van der Waals surface area contributed by atoms with E-state index in [2.05, 4.69) is 10.3 Å². The third kappa shape index (κ3) is 4.07. The van der Waals surface area contributed by atoms with Gasteiger partial charge >= 0.3 is 0 Å². The van der Waals surface area contributed by atoms with Gasteiger partial charge in [0, 0.05) is 23.7 Å². The molecule has 0 saturated heterocycles. The molecule has 2 aromatic carbocycles. The summed E-state index contributed by atoms with van der Waals surface area (Å²) in [6, 6.07) is 16.1. The molecule has 1 heterocycles. The fraction of sp³-hybridized carbons (Fsp3) is 0.208. The summed E-state index contributed by atoms with van der Waals surface area (Å²) in [5.74, 6) is 0.216. The summed E-state index contributed by atoms with van der Waals surface area (Å²) in [7, 11) is 2.99. The Bertz CT molecular complexity index is 1200. The van der Waals surface area contributed by atoms with Gasteiger partial charge in [-0.25, -0.2) is 0 Å². The van der Waals surface area contributed by atoms with Gasteiger partial charge in [0.05, 0.1) is 19.9 Å². The quantitative estimate of drug-likeness (QED) is 0.660. The Kier molecular flexibility index (Phi) is 5.58. The summed E-state index contributed by atoms with van der Waals surface area (Å²) in [4.78, 5) is 41.1. The highest BCUT2D eigenvalue weighted by molar-refractivity contribution is 6.07. The van der Waals surface area contributed by atoms with Crippen molar-refractivity contribution in [3.05, 3.63) is 87.3 Å². The summed E-state index contributed by atoms with van der Waals surface area (Å²) < 4.78 is 10.4. The minimum absolute atomic E-state index is 0.00225. The Morgan fingerprint density at radius 2 is 1.77 bits per heavy atom. The molecule has 3 aromatic rings. The lowest BCUT2D eigenvalue weighted by Gasteiger charge is -2.24. The third-order valence-electron chi connectivity index (χ3n) is 5.48. The van der Waals surface area contributed by atoms with Gasteiger partial charge < -0.3 is 19.8 Å². The average Bonchev–Trinajstić information content (AvgIpc) is 2.79. The average molecular weight is 418 g/mol. The zero-order chi connectivity index (χ0) is 22.0. The molecule has 31 heavy (non-hydrogen) atoms. The number of hydrogen-bond donors (Lipinski definition) is 2. The number of pyridine rings is 1. The van der Waals surface area contributed by atoms with Crippen molar-refractivity contribution >= 4 is 17.4 Å². The molecule has 4 rings (SSSR count). The van der Waals surface area contributed by atoms with Crippen molar-refractivity contribution in [2.75, 3.05) is 19.5 Å². The van der Waals surface area contributed by atoms with Crippen LogP contribution in [0.5, 0.6) is 11.5 Å². The molecule has 0 spiro atoms. The molecule has 0 fully saturated rings. The topological polar surface area (TPSA) is 97.5 Å². The number of rotatable bonds is 5. The summed E-state index contributed by atoms with van der Waals surface area (Å²) >= 11 is 0. The summed E-state index contributed by atoms with van der Waals surface area (Å²) in [6.45, 7) is 0. The van der Waals surface area contributed by atoms with E-state index in [4.69, 9.17) is 9.47 Å². The third-order valence-corrected chi connectivity index (χ3v) is 5.48. The summed E-state index contributed by atoms with van der Waals surface area (Å²) in [5, 5.41) is 2.67. The van der Waals surface area contributed by atoms with Crippen LogP contribution in [0.4, 0.5) is 5.69 Å². The Balaban J connectivity index is 1.63. The molecule has 0 bridgehead atoms. The van der Waals surface area contributed by atoms with E-state index >= 15 is 0 Å². The van der Waals surface area contributed by atoms with Crippen LogP contribution in [-0.4, -0.2) is 30.9 Å². The molecule has 158 valence electrons. The number of methoxy groups -OCH3 is 2. The van der Waals surface area contributed by atoms with Gasteiger partial charge in [-0.3, -0.25) is 14.4 Å². The molecule has 1 aromatic heterocycles. The minimum atomic E-state index is -0.631. The van der Waals surface area contributed by atoms with Gasteiger partial charge in [0.1, 0.15) is 17.1 Å². The van der Waals surface area contributed by atoms with Crippen LogP contribution >= 0.6 is 0 Å². The van der Waals surface area contributed by atoms with E-state index in [0.29, 0.717) is 41.3 Å². The van der Waals surface area contributed by atoms with E-state index in [-0.39, 0.29) is 17.3 Å². The zero-order valence-electron chi connectivity index (χ0n) is 17.2. The van der Waals surface area contributed by atoms with E-state index in [1.165, 1.54) is 20.3 Å². The van der Waals surface area contributed by atoms with Gasteiger partial charge in [-0.15, -0.1) is 0 Å². The number of carbonyl (C=O) groups excluding carboxylic acids is 2. The Hall–Kier alpha value is -3.87. The van der Waals surface area contributed by atoms with Gasteiger partial charge in [-0.05, 0) is 36.1 Å². The second kappa shape index (κ2) is 8.47. The predicted molar refractivity (Wildman–Crippen MR) is 116 cm³/mol. The van der Waals surface area contributed by atoms with Gasteiger partial charge in [-0.1, -0.05) is 30.3 Å². The number of ether oxygens (including phenoxy) is 2. The molecular formula is C24H22N2O5. The smallest absolute Gasteiger partial charge is 0.261 e. The van der Waals surface area contributed by atoms with Crippen LogP contribution in [0.3, 0.4) is 0 Å². The SMILES string of the molecule is COc1ccc(OC)c(NC(=O)c2cc3c([nH]c2=O)C[C@@H](c2ccccc2)CC3=O)c1. The van der Waals surface area contributed by atoms with Gasteiger partial charge in [0.15, 0.2) is 5.78 Å². The molecule has 1 aliphatic carbocycles. The van der Waals surface area contributed by atoms with Gasteiger partial charge in [0.25, 0.3) is 11.5 Å². The van der Waals surface area contributed by atoms with Gasteiger partial charge in [-0.2, -0.15) is 0 Å². The van der Waals surface area contributed by atoms with E-state index in [9.17, 15) is 14.4 Å². The summed E-state index contributed by atoms with van der Waals surface area (Å²) in [5.41, 5.74) is 1.68. The fourth-order valence-corrected chi connectivity index (χ4v) is 3.86. The number of amides is 1.